The van der Waals surface area contributed by atoms with Crippen LogP contribution in [0.2, 0.25) is 5.15 Å². The molecule has 21 heavy (non-hydrogen) atoms. The monoisotopic (exact) mass is 325 g/mol. The first kappa shape index (κ1) is 16.2. The summed E-state index contributed by atoms with van der Waals surface area (Å²) in [5.41, 5.74) is 0. The SMILES string of the molecule is CCOCc1nc(Cl)cc(N(C)C(C)Cc2cccs2)n1. The van der Waals surface area contributed by atoms with Crippen molar-refractivity contribution in [1.82, 2.24) is 9.97 Å². The van der Waals surface area contributed by atoms with Crippen LogP contribution in [0.1, 0.15) is 24.5 Å². The Hall–Kier alpha value is -1.17. The maximum atomic E-state index is 6.09. The van der Waals surface area contributed by atoms with Crippen molar-refractivity contribution in [3.05, 3.63) is 39.4 Å². The average molecular weight is 326 g/mol. The fraction of sp³-hybridized carbons (Fsp3) is 0.467. The first-order chi connectivity index (χ1) is 10.1. The second-order valence-electron chi connectivity index (χ2n) is 4.85. The smallest absolute Gasteiger partial charge is 0.158 e. The van der Waals surface area contributed by atoms with Gasteiger partial charge in [0.15, 0.2) is 5.82 Å². The molecule has 0 aliphatic rings. The van der Waals surface area contributed by atoms with Crippen molar-refractivity contribution in [2.45, 2.75) is 32.9 Å². The Labute approximate surface area is 134 Å². The molecule has 0 N–H and O–H groups in total. The number of halogens is 1. The number of hydrogen-bond acceptors (Lipinski definition) is 5. The second kappa shape index (κ2) is 7.73. The summed E-state index contributed by atoms with van der Waals surface area (Å²) in [7, 11) is 2.03. The average Bonchev–Trinajstić information content (AvgIpc) is 2.96. The molecule has 0 saturated carbocycles. The molecule has 2 rings (SSSR count). The predicted molar refractivity (Wildman–Crippen MR) is 88.3 cm³/mol. The molecule has 114 valence electrons. The maximum absolute atomic E-state index is 6.09. The van der Waals surface area contributed by atoms with Crippen LogP contribution in [-0.2, 0) is 17.8 Å². The Morgan fingerprint density at radius 3 is 2.90 bits per heavy atom. The summed E-state index contributed by atoms with van der Waals surface area (Å²) >= 11 is 7.86. The molecule has 1 atom stereocenters. The fourth-order valence-electron chi connectivity index (χ4n) is 1.97. The van der Waals surface area contributed by atoms with E-state index in [1.807, 2.05) is 14.0 Å². The van der Waals surface area contributed by atoms with E-state index in [4.69, 9.17) is 16.3 Å². The van der Waals surface area contributed by atoms with Gasteiger partial charge in [0.1, 0.15) is 17.6 Å². The lowest BCUT2D eigenvalue weighted by molar-refractivity contribution is 0.128. The summed E-state index contributed by atoms with van der Waals surface area (Å²) in [6.45, 7) is 5.14. The van der Waals surface area contributed by atoms with Crippen LogP contribution in [-0.4, -0.2) is 29.7 Å². The number of hydrogen-bond donors (Lipinski definition) is 0. The van der Waals surface area contributed by atoms with Gasteiger partial charge in [-0.15, -0.1) is 11.3 Å². The number of anilines is 1. The third-order valence-corrected chi connectivity index (χ3v) is 4.35. The van der Waals surface area contributed by atoms with Crippen LogP contribution in [0.5, 0.6) is 0 Å². The van der Waals surface area contributed by atoms with Gasteiger partial charge in [-0.25, -0.2) is 9.97 Å². The quantitative estimate of drug-likeness (QED) is 0.726. The van der Waals surface area contributed by atoms with Crippen molar-refractivity contribution in [3.8, 4) is 0 Å². The highest BCUT2D eigenvalue weighted by atomic mass is 35.5. The van der Waals surface area contributed by atoms with Crippen molar-refractivity contribution < 1.29 is 4.74 Å². The molecule has 2 aromatic heterocycles. The zero-order valence-corrected chi connectivity index (χ0v) is 14.1. The Kier molecular flexibility index (Phi) is 5.96. The molecule has 0 radical (unpaired) electrons. The minimum absolute atomic E-state index is 0.328. The Morgan fingerprint density at radius 1 is 1.43 bits per heavy atom. The summed E-state index contributed by atoms with van der Waals surface area (Å²) in [5, 5.41) is 2.55. The van der Waals surface area contributed by atoms with Crippen molar-refractivity contribution in [2.24, 2.45) is 0 Å². The van der Waals surface area contributed by atoms with Crippen molar-refractivity contribution >= 4 is 28.8 Å². The van der Waals surface area contributed by atoms with Gasteiger partial charge < -0.3 is 9.64 Å². The lowest BCUT2D eigenvalue weighted by Crippen LogP contribution is -2.31. The number of nitrogens with zero attached hydrogens (tertiary/aromatic N) is 3. The maximum Gasteiger partial charge on any atom is 0.158 e. The molecule has 0 saturated heterocycles. The first-order valence-electron chi connectivity index (χ1n) is 6.96. The molecular formula is C15H20ClN3OS. The molecule has 0 bridgehead atoms. The van der Waals surface area contributed by atoms with Gasteiger partial charge in [0.25, 0.3) is 0 Å². The van der Waals surface area contributed by atoms with E-state index in [0.717, 1.165) is 12.2 Å². The third-order valence-electron chi connectivity index (χ3n) is 3.26. The number of ether oxygens (including phenoxy) is 1. The molecule has 0 aliphatic heterocycles. The summed E-state index contributed by atoms with van der Waals surface area (Å²) < 4.78 is 5.35. The lowest BCUT2D eigenvalue weighted by atomic mass is 10.2. The van der Waals surface area contributed by atoms with Crippen LogP contribution in [0.25, 0.3) is 0 Å². The molecule has 0 aliphatic carbocycles. The summed E-state index contributed by atoms with van der Waals surface area (Å²) in [6, 6.07) is 6.35. The summed E-state index contributed by atoms with van der Waals surface area (Å²) in [4.78, 5) is 12.2. The molecule has 0 amide bonds. The normalized spacial score (nSPS) is 12.4. The van der Waals surface area contributed by atoms with E-state index in [2.05, 4.69) is 39.3 Å². The number of rotatable bonds is 7. The molecule has 6 heteroatoms. The Morgan fingerprint density at radius 2 is 2.24 bits per heavy atom. The molecule has 0 spiro atoms. The van der Waals surface area contributed by atoms with E-state index in [0.29, 0.717) is 30.2 Å². The highest BCUT2D eigenvalue weighted by molar-refractivity contribution is 7.09. The molecule has 4 nitrogen and oxygen atoms in total. The fourth-order valence-corrected chi connectivity index (χ4v) is 2.99. The van der Waals surface area contributed by atoms with Gasteiger partial charge in [-0.1, -0.05) is 17.7 Å². The number of aromatic nitrogens is 2. The Bertz CT molecular complexity index is 562. The van der Waals surface area contributed by atoms with E-state index in [9.17, 15) is 0 Å². The van der Waals surface area contributed by atoms with E-state index in [-0.39, 0.29) is 0 Å². The van der Waals surface area contributed by atoms with Crippen molar-refractivity contribution in [2.75, 3.05) is 18.6 Å². The van der Waals surface area contributed by atoms with Crippen LogP contribution in [0.3, 0.4) is 0 Å². The number of thiophene rings is 1. The molecular weight excluding hydrogens is 306 g/mol. The molecule has 0 fully saturated rings. The molecule has 1 unspecified atom stereocenters. The zero-order valence-electron chi connectivity index (χ0n) is 12.5. The standard InChI is InChI=1S/C15H20ClN3OS/c1-4-20-10-14-17-13(16)9-15(18-14)19(3)11(2)8-12-6-5-7-21-12/h5-7,9,11H,4,8,10H2,1-3H3. The van der Waals surface area contributed by atoms with Gasteiger partial charge in [-0.2, -0.15) is 0 Å². The highest BCUT2D eigenvalue weighted by Crippen LogP contribution is 2.20. The van der Waals surface area contributed by atoms with E-state index in [1.165, 1.54) is 4.88 Å². The largest absolute Gasteiger partial charge is 0.374 e. The minimum Gasteiger partial charge on any atom is -0.374 e. The summed E-state index contributed by atoms with van der Waals surface area (Å²) in [6.07, 6.45) is 0.983. The predicted octanol–water partition coefficient (Wildman–Crippen LogP) is 3.80. The van der Waals surface area contributed by atoms with Crippen molar-refractivity contribution in [3.63, 3.8) is 0 Å². The van der Waals surface area contributed by atoms with Gasteiger partial charge in [0.2, 0.25) is 0 Å². The van der Waals surface area contributed by atoms with Crippen molar-refractivity contribution in [1.29, 1.82) is 0 Å². The van der Waals surface area contributed by atoms with Gasteiger partial charge in [-0.05, 0) is 25.3 Å². The van der Waals surface area contributed by atoms with Gasteiger partial charge in [-0.3, -0.25) is 0 Å². The molecule has 0 aromatic carbocycles. The first-order valence-corrected chi connectivity index (χ1v) is 8.22. The Balaban J connectivity index is 2.10. The summed E-state index contributed by atoms with van der Waals surface area (Å²) in [5.74, 6) is 1.45. The van der Waals surface area contributed by atoms with Crippen LogP contribution in [0.4, 0.5) is 5.82 Å². The lowest BCUT2D eigenvalue weighted by Gasteiger charge is -2.26. The van der Waals surface area contributed by atoms with E-state index in [1.54, 1.807) is 17.4 Å². The third kappa shape index (κ3) is 4.66. The van der Waals surface area contributed by atoms with Crippen LogP contribution in [0.15, 0.2) is 23.6 Å². The molecule has 2 heterocycles. The highest BCUT2D eigenvalue weighted by Gasteiger charge is 2.14. The van der Waals surface area contributed by atoms with Gasteiger partial charge >= 0.3 is 0 Å². The second-order valence-corrected chi connectivity index (χ2v) is 6.27. The van der Waals surface area contributed by atoms with E-state index < -0.39 is 0 Å². The van der Waals surface area contributed by atoms with Crippen LogP contribution < -0.4 is 4.90 Å². The topological polar surface area (TPSA) is 38.2 Å². The number of likely N-dealkylation sites (N-methyl/N-ethyl adjacent to an activating group) is 1. The molecule has 2 aromatic rings. The van der Waals surface area contributed by atoms with Crippen LogP contribution in [0, 0.1) is 0 Å². The van der Waals surface area contributed by atoms with E-state index >= 15 is 0 Å². The van der Waals surface area contributed by atoms with Gasteiger partial charge in [0.05, 0.1) is 0 Å². The zero-order chi connectivity index (χ0) is 15.2. The van der Waals surface area contributed by atoms with Crippen LogP contribution >= 0.6 is 22.9 Å². The van der Waals surface area contributed by atoms with Gasteiger partial charge in [0, 0.05) is 37.1 Å². The minimum atomic E-state index is 0.328.